The number of amides is 2. The Hall–Kier alpha value is -0.850. The van der Waals surface area contributed by atoms with Crippen LogP contribution in [0.15, 0.2) is 0 Å². The summed E-state index contributed by atoms with van der Waals surface area (Å²) in [5.74, 6) is 0.789. The lowest BCUT2D eigenvalue weighted by atomic mass is 9.67. The van der Waals surface area contributed by atoms with Crippen molar-refractivity contribution in [3.63, 3.8) is 0 Å². The number of likely N-dealkylation sites (tertiary alicyclic amines) is 1. The number of hydrogen-bond acceptors (Lipinski definition) is 4. The van der Waals surface area contributed by atoms with Gasteiger partial charge in [0, 0.05) is 32.8 Å². The van der Waals surface area contributed by atoms with Crippen molar-refractivity contribution in [1.29, 1.82) is 0 Å². The molecule has 7 heteroatoms. The number of rotatable bonds is 4. The lowest BCUT2D eigenvalue weighted by Crippen LogP contribution is -2.53. The normalized spacial score (nSPS) is 30.4. The van der Waals surface area contributed by atoms with Crippen LogP contribution in [0.1, 0.15) is 38.5 Å². The Bertz CT molecular complexity index is 454. The van der Waals surface area contributed by atoms with E-state index in [1.807, 2.05) is 4.90 Å². The number of carbonyl (C=O) groups is 2. The number of nitrogens with zero attached hydrogens (tertiary/aromatic N) is 1. The number of piperidine rings is 1. The minimum atomic E-state index is -0.179. The fourth-order valence-electron chi connectivity index (χ4n) is 4.51. The summed E-state index contributed by atoms with van der Waals surface area (Å²) in [6.45, 7) is 3.38. The van der Waals surface area contributed by atoms with Crippen molar-refractivity contribution < 1.29 is 14.3 Å². The molecule has 2 heterocycles. The molecule has 1 saturated carbocycles. The molecular formula is C17H30ClN3O3. The number of nitrogens with one attached hydrogen (secondary N) is 2. The summed E-state index contributed by atoms with van der Waals surface area (Å²) in [5, 5.41) is 6.73. The van der Waals surface area contributed by atoms with Crippen molar-refractivity contribution >= 4 is 24.2 Å². The van der Waals surface area contributed by atoms with E-state index >= 15 is 0 Å². The first kappa shape index (κ1) is 19.5. The maximum atomic E-state index is 12.9. The summed E-state index contributed by atoms with van der Waals surface area (Å²) >= 11 is 0. The molecule has 0 unspecified atom stereocenters. The first-order valence-corrected chi connectivity index (χ1v) is 8.94. The number of hydrogen-bond donors (Lipinski definition) is 2. The predicted molar refractivity (Wildman–Crippen MR) is 94.1 cm³/mol. The zero-order valence-corrected chi connectivity index (χ0v) is 15.3. The second kappa shape index (κ2) is 8.50. The third-order valence-corrected chi connectivity index (χ3v) is 5.94. The maximum Gasteiger partial charge on any atom is 0.248 e. The summed E-state index contributed by atoms with van der Waals surface area (Å²) in [6.07, 6.45) is 6.29. The van der Waals surface area contributed by atoms with E-state index in [4.69, 9.17) is 4.74 Å². The van der Waals surface area contributed by atoms with E-state index < -0.39 is 0 Å². The van der Waals surface area contributed by atoms with Gasteiger partial charge in [-0.15, -0.1) is 12.4 Å². The second-order valence-electron chi connectivity index (χ2n) is 7.29. The van der Waals surface area contributed by atoms with Crippen LogP contribution >= 0.6 is 12.4 Å². The maximum absolute atomic E-state index is 12.9. The van der Waals surface area contributed by atoms with Crippen molar-refractivity contribution in [3.8, 4) is 0 Å². The average molecular weight is 360 g/mol. The molecule has 0 aromatic rings. The van der Waals surface area contributed by atoms with Crippen LogP contribution in [0.25, 0.3) is 0 Å². The van der Waals surface area contributed by atoms with Crippen LogP contribution < -0.4 is 10.6 Å². The van der Waals surface area contributed by atoms with Gasteiger partial charge in [-0.25, -0.2) is 0 Å². The molecule has 0 aromatic carbocycles. The van der Waals surface area contributed by atoms with Gasteiger partial charge in [-0.2, -0.15) is 0 Å². The number of halogens is 1. The number of fused-ring (bicyclic) bond motifs is 1. The zero-order chi connectivity index (χ0) is 16.3. The van der Waals surface area contributed by atoms with Crippen LogP contribution in [-0.4, -0.2) is 62.7 Å². The lowest BCUT2D eigenvalue weighted by molar-refractivity contribution is -0.137. The quantitative estimate of drug-likeness (QED) is 0.783. The number of methoxy groups -OCH3 is 1. The van der Waals surface area contributed by atoms with Crippen LogP contribution in [0.3, 0.4) is 0 Å². The van der Waals surface area contributed by atoms with Crippen LogP contribution in [0.2, 0.25) is 0 Å². The van der Waals surface area contributed by atoms with Gasteiger partial charge >= 0.3 is 0 Å². The molecule has 0 bridgehead atoms. The molecule has 3 fully saturated rings. The molecule has 138 valence electrons. The van der Waals surface area contributed by atoms with Gasteiger partial charge in [0.1, 0.15) is 6.61 Å². The summed E-state index contributed by atoms with van der Waals surface area (Å²) in [6, 6.07) is 0.201. The van der Waals surface area contributed by atoms with Crippen molar-refractivity contribution in [2.24, 2.45) is 11.3 Å². The van der Waals surface area contributed by atoms with E-state index in [1.165, 1.54) is 12.8 Å². The average Bonchev–Trinajstić information content (AvgIpc) is 3.01. The molecule has 2 N–H and O–H groups in total. The SMILES string of the molecule is COCC(=O)N1CCC(NC(=O)[C@@]23CCCC[C@H]2CNC3)CC1.Cl. The molecule has 2 saturated heterocycles. The lowest BCUT2D eigenvalue weighted by Gasteiger charge is -2.39. The monoisotopic (exact) mass is 359 g/mol. The first-order valence-electron chi connectivity index (χ1n) is 8.94. The van der Waals surface area contributed by atoms with Crippen molar-refractivity contribution in [1.82, 2.24) is 15.5 Å². The molecule has 2 atom stereocenters. The third-order valence-electron chi connectivity index (χ3n) is 5.94. The van der Waals surface area contributed by atoms with Crippen LogP contribution in [-0.2, 0) is 14.3 Å². The molecule has 0 radical (unpaired) electrons. The van der Waals surface area contributed by atoms with Crippen LogP contribution in [0, 0.1) is 11.3 Å². The van der Waals surface area contributed by atoms with Gasteiger partial charge in [-0.3, -0.25) is 9.59 Å². The second-order valence-corrected chi connectivity index (χ2v) is 7.29. The van der Waals surface area contributed by atoms with E-state index in [0.717, 1.165) is 38.8 Å². The fraction of sp³-hybridized carbons (Fsp3) is 0.882. The molecule has 2 aliphatic heterocycles. The smallest absolute Gasteiger partial charge is 0.248 e. The standard InChI is InChI=1S/C17H29N3O3.ClH/c1-23-11-15(21)20-8-5-14(6-9-20)19-16(22)17-7-3-2-4-13(17)10-18-12-17;/h13-14,18H,2-12H2,1H3,(H,19,22);1H/t13-,17+;/m0./s1. The minimum absolute atomic E-state index is 0. The molecule has 6 nitrogen and oxygen atoms in total. The largest absolute Gasteiger partial charge is 0.375 e. The number of ether oxygens (including phenoxy) is 1. The van der Waals surface area contributed by atoms with Crippen molar-refractivity contribution in [3.05, 3.63) is 0 Å². The van der Waals surface area contributed by atoms with E-state index in [1.54, 1.807) is 7.11 Å². The Balaban J connectivity index is 0.00000208. The Labute approximate surface area is 150 Å². The minimum Gasteiger partial charge on any atom is -0.375 e. The molecule has 2 amide bonds. The summed E-state index contributed by atoms with van der Waals surface area (Å²) < 4.78 is 4.91. The van der Waals surface area contributed by atoms with E-state index in [-0.39, 0.29) is 42.3 Å². The Kier molecular flexibility index (Phi) is 6.89. The molecule has 1 aliphatic carbocycles. The highest BCUT2D eigenvalue weighted by molar-refractivity contribution is 5.85. The van der Waals surface area contributed by atoms with Gasteiger partial charge < -0.3 is 20.3 Å². The molecule has 0 aromatic heterocycles. The molecule has 24 heavy (non-hydrogen) atoms. The highest BCUT2D eigenvalue weighted by Crippen LogP contribution is 2.44. The first-order chi connectivity index (χ1) is 11.2. The summed E-state index contributed by atoms with van der Waals surface area (Å²) in [4.78, 5) is 26.6. The summed E-state index contributed by atoms with van der Waals surface area (Å²) in [7, 11) is 1.54. The Morgan fingerprint density at radius 3 is 2.71 bits per heavy atom. The van der Waals surface area contributed by atoms with Gasteiger partial charge in [0.05, 0.1) is 5.41 Å². The number of carbonyl (C=O) groups excluding carboxylic acids is 2. The van der Waals surface area contributed by atoms with Crippen molar-refractivity contribution in [2.75, 3.05) is 39.9 Å². The van der Waals surface area contributed by atoms with Gasteiger partial charge in [0.15, 0.2) is 0 Å². The third kappa shape index (κ3) is 3.86. The Morgan fingerprint density at radius 2 is 2.00 bits per heavy atom. The van der Waals surface area contributed by atoms with Gasteiger partial charge in [-0.05, 0) is 38.1 Å². The topological polar surface area (TPSA) is 70.7 Å². The molecule has 3 aliphatic rings. The summed E-state index contributed by atoms with van der Waals surface area (Å²) in [5.41, 5.74) is -0.179. The van der Waals surface area contributed by atoms with Gasteiger partial charge in [0.2, 0.25) is 11.8 Å². The van der Waals surface area contributed by atoms with Crippen molar-refractivity contribution in [2.45, 2.75) is 44.6 Å². The highest BCUT2D eigenvalue weighted by Gasteiger charge is 2.50. The molecule has 0 spiro atoms. The fourth-order valence-corrected chi connectivity index (χ4v) is 4.51. The van der Waals surface area contributed by atoms with Gasteiger partial charge in [-0.1, -0.05) is 12.8 Å². The Morgan fingerprint density at radius 1 is 1.25 bits per heavy atom. The zero-order valence-electron chi connectivity index (χ0n) is 14.5. The van der Waals surface area contributed by atoms with E-state index in [9.17, 15) is 9.59 Å². The molecular weight excluding hydrogens is 330 g/mol. The van der Waals surface area contributed by atoms with Gasteiger partial charge in [0.25, 0.3) is 0 Å². The van der Waals surface area contributed by atoms with Crippen LogP contribution in [0.5, 0.6) is 0 Å². The van der Waals surface area contributed by atoms with E-state index in [0.29, 0.717) is 19.0 Å². The van der Waals surface area contributed by atoms with Crippen LogP contribution in [0.4, 0.5) is 0 Å². The highest BCUT2D eigenvalue weighted by atomic mass is 35.5. The van der Waals surface area contributed by atoms with E-state index in [2.05, 4.69) is 10.6 Å². The predicted octanol–water partition coefficient (Wildman–Crippen LogP) is 0.942. The molecule has 3 rings (SSSR count).